The first-order chi connectivity index (χ1) is 3.77. The molecule has 46 valence electrons. The van der Waals surface area contributed by atoms with Crippen molar-refractivity contribution in [1.29, 1.82) is 0 Å². The van der Waals surface area contributed by atoms with Crippen LogP contribution >= 0.6 is 0 Å². The van der Waals surface area contributed by atoms with E-state index in [0.29, 0.717) is 0 Å². The quantitative estimate of drug-likeness (QED) is 0.382. The van der Waals surface area contributed by atoms with Crippen LogP contribution in [0.4, 0.5) is 0 Å². The average molecular weight is 113 g/mol. The maximum absolute atomic E-state index is 3.75. The summed E-state index contributed by atoms with van der Waals surface area (Å²) in [5.74, 6) is 0. The van der Waals surface area contributed by atoms with Gasteiger partial charge in [-0.1, -0.05) is 0 Å². The van der Waals surface area contributed by atoms with Crippen LogP contribution in [0.25, 0.3) is 0 Å². The van der Waals surface area contributed by atoms with Crippen molar-refractivity contribution in [2.24, 2.45) is 10.1 Å². The van der Waals surface area contributed by atoms with Gasteiger partial charge in [0, 0.05) is 20.6 Å². The van der Waals surface area contributed by atoms with Crippen molar-refractivity contribution >= 4 is 6.01 Å². The van der Waals surface area contributed by atoms with Crippen LogP contribution < -0.4 is 0 Å². The normalized spacial score (nSPS) is 7.38. The molecule has 0 atom stereocenters. The van der Waals surface area contributed by atoms with E-state index in [0.717, 1.165) is 6.54 Å². The Morgan fingerprint density at radius 2 is 2.12 bits per heavy atom. The van der Waals surface area contributed by atoms with Crippen molar-refractivity contribution in [2.75, 3.05) is 20.6 Å². The fourth-order valence-corrected chi connectivity index (χ4v) is 0.192. The van der Waals surface area contributed by atoms with Crippen LogP contribution in [0.15, 0.2) is 10.1 Å². The summed E-state index contributed by atoms with van der Waals surface area (Å²) in [6.45, 7) is 2.69. The van der Waals surface area contributed by atoms with E-state index >= 15 is 0 Å². The Morgan fingerprint density at radius 3 is 2.50 bits per heavy atom. The Balaban J connectivity index is 3.47. The second kappa shape index (κ2) is 4.34. The summed E-state index contributed by atoms with van der Waals surface area (Å²) in [5.41, 5.74) is 0. The zero-order valence-corrected chi connectivity index (χ0v) is 5.55. The number of rotatable bonds is 2. The Hall–Kier alpha value is -0.820. The maximum atomic E-state index is 3.75. The molecule has 8 heavy (non-hydrogen) atoms. The molecule has 0 bridgehead atoms. The predicted octanol–water partition coefficient (Wildman–Crippen LogP) is 0.657. The van der Waals surface area contributed by atoms with Gasteiger partial charge < -0.3 is 0 Å². The highest BCUT2D eigenvalue weighted by Crippen LogP contribution is 1.68. The Morgan fingerprint density at radius 1 is 1.50 bits per heavy atom. The highest BCUT2D eigenvalue weighted by molar-refractivity contribution is 5.40. The van der Waals surface area contributed by atoms with Crippen molar-refractivity contribution in [2.45, 2.75) is 6.92 Å². The van der Waals surface area contributed by atoms with Gasteiger partial charge in [-0.15, -0.1) is 5.10 Å². The van der Waals surface area contributed by atoms with Gasteiger partial charge in [-0.05, 0) is 6.92 Å². The fraction of sp³-hybridized carbons (Fsp3) is 0.800. The van der Waals surface area contributed by atoms with Crippen molar-refractivity contribution in [3.8, 4) is 0 Å². The largest absolute Gasteiger partial charge is 0.294 e. The van der Waals surface area contributed by atoms with E-state index in [4.69, 9.17) is 0 Å². The Labute approximate surface area is 49.7 Å². The average Bonchev–Trinajstić information content (AvgIpc) is 1.66. The third-order valence-corrected chi connectivity index (χ3v) is 0.474. The van der Waals surface area contributed by atoms with Gasteiger partial charge in [0.05, 0.1) is 0 Å². The zero-order chi connectivity index (χ0) is 6.41. The molecule has 0 aliphatic carbocycles. The molecule has 0 unspecified atom stereocenters. The standard InChI is InChI=1S/C5H11N3/c1-4-6-5-7-8(2)3/h4H2,1-3H3. The van der Waals surface area contributed by atoms with Crippen LogP contribution in [0.2, 0.25) is 0 Å². The van der Waals surface area contributed by atoms with Crippen molar-refractivity contribution < 1.29 is 0 Å². The SMILES string of the molecule is CCN=C=NN(C)C. The van der Waals surface area contributed by atoms with Gasteiger partial charge in [0.15, 0.2) is 0 Å². The van der Waals surface area contributed by atoms with Crippen LogP contribution in [0.5, 0.6) is 0 Å². The number of aliphatic imine (C=N–C) groups is 1. The zero-order valence-electron chi connectivity index (χ0n) is 5.55. The summed E-state index contributed by atoms with van der Waals surface area (Å²) in [7, 11) is 3.66. The van der Waals surface area contributed by atoms with Crippen molar-refractivity contribution in [1.82, 2.24) is 5.01 Å². The smallest absolute Gasteiger partial charge is 0.114 e. The van der Waals surface area contributed by atoms with Crippen LogP contribution in [-0.2, 0) is 0 Å². The van der Waals surface area contributed by atoms with Crippen LogP contribution in [-0.4, -0.2) is 31.7 Å². The van der Waals surface area contributed by atoms with E-state index in [1.165, 1.54) is 0 Å². The first kappa shape index (κ1) is 7.18. The molecule has 0 fully saturated rings. The molecule has 3 heteroatoms. The minimum absolute atomic E-state index is 0.747. The molecule has 0 aromatic heterocycles. The third kappa shape index (κ3) is 5.18. The van der Waals surface area contributed by atoms with E-state index in [2.05, 4.69) is 16.1 Å². The van der Waals surface area contributed by atoms with Gasteiger partial charge in [-0.3, -0.25) is 5.01 Å². The summed E-state index contributed by atoms with van der Waals surface area (Å²) in [6, 6.07) is 2.51. The molecule has 0 aliphatic rings. The number of hydrazone groups is 1. The molecule has 0 radical (unpaired) electrons. The lowest BCUT2D eigenvalue weighted by atomic mass is 10.8. The van der Waals surface area contributed by atoms with E-state index in [1.54, 1.807) is 5.01 Å². The van der Waals surface area contributed by atoms with E-state index < -0.39 is 0 Å². The monoisotopic (exact) mass is 113 g/mol. The molecule has 0 saturated heterocycles. The van der Waals surface area contributed by atoms with Gasteiger partial charge in [0.25, 0.3) is 0 Å². The lowest BCUT2D eigenvalue weighted by molar-refractivity contribution is 0.440. The second-order valence-corrected chi connectivity index (χ2v) is 1.52. The molecule has 0 aromatic carbocycles. The summed E-state index contributed by atoms with van der Waals surface area (Å²) < 4.78 is 0. The molecule has 0 N–H and O–H groups in total. The highest BCUT2D eigenvalue weighted by Gasteiger charge is 1.68. The van der Waals surface area contributed by atoms with Crippen LogP contribution in [0.1, 0.15) is 6.92 Å². The molecular weight excluding hydrogens is 102 g/mol. The van der Waals surface area contributed by atoms with Gasteiger partial charge in [-0.2, -0.15) is 0 Å². The van der Waals surface area contributed by atoms with Crippen molar-refractivity contribution in [3.63, 3.8) is 0 Å². The molecule has 0 spiro atoms. The van der Waals surface area contributed by atoms with E-state index in [-0.39, 0.29) is 0 Å². The topological polar surface area (TPSA) is 28.0 Å². The summed E-state index contributed by atoms with van der Waals surface area (Å²) in [4.78, 5) is 3.75. The molecule has 0 rings (SSSR count). The van der Waals surface area contributed by atoms with Crippen LogP contribution in [0, 0.1) is 0 Å². The summed E-state index contributed by atoms with van der Waals surface area (Å²) in [6.07, 6.45) is 0. The fourth-order valence-electron chi connectivity index (χ4n) is 0.192. The highest BCUT2D eigenvalue weighted by atomic mass is 15.4. The summed E-state index contributed by atoms with van der Waals surface area (Å²) >= 11 is 0. The van der Waals surface area contributed by atoms with Gasteiger partial charge in [0.2, 0.25) is 0 Å². The minimum Gasteiger partial charge on any atom is -0.294 e. The lowest BCUT2D eigenvalue weighted by Gasteiger charge is -1.96. The molecule has 0 heterocycles. The third-order valence-electron chi connectivity index (χ3n) is 0.474. The Kier molecular flexibility index (Phi) is 3.90. The van der Waals surface area contributed by atoms with Gasteiger partial charge in [-0.25, -0.2) is 4.99 Å². The molecule has 0 aromatic rings. The molecular formula is C5H11N3. The van der Waals surface area contributed by atoms with Gasteiger partial charge >= 0.3 is 0 Å². The van der Waals surface area contributed by atoms with E-state index in [9.17, 15) is 0 Å². The van der Waals surface area contributed by atoms with Crippen molar-refractivity contribution in [3.05, 3.63) is 0 Å². The minimum atomic E-state index is 0.747. The molecule has 3 nitrogen and oxygen atoms in total. The van der Waals surface area contributed by atoms with E-state index in [1.807, 2.05) is 21.0 Å². The number of nitrogens with zero attached hydrogens (tertiary/aromatic N) is 3. The first-order valence-electron chi connectivity index (χ1n) is 2.56. The number of hydrogen-bond acceptors (Lipinski definition) is 3. The lowest BCUT2D eigenvalue weighted by Crippen LogP contribution is -1.99. The number of hydrogen-bond donors (Lipinski definition) is 0. The molecule has 0 saturated carbocycles. The second-order valence-electron chi connectivity index (χ2n) is 1.52. The Bertz CT molecular complexity index is 100. The first-order valence-corrected chi connectivity index (χ1v) is 2.56. The molecule has 0 aliphatic heterocycles. The van der Waals surface area contributed by atoms with Gasteiger partial charge in [0.1, 0.15) is 6.01 Å². The molecule has 0 amide bonds. The summed E-state index contributed by atoms with van der Waals surface area (Å²) in [5, 5.41) is 5.38. The maximum Gasteiger partial charge on any atom is 0.114 e. The predicted molar refractivity (Wildman–Crippen MR) is 34.1 cm³/mol. The van der Waals surface area contributed by atoms with Crippen LogP contribution in [0.3, 0.4) is 0 Å².